The quantitative estimate of drug-likeness (QED) is 0.0502. The van der Waals surface area contributed by atoms with Crippen LogP contribution in [0.4, 0.5) is 13.2 Å². The molecule has 7 aromatic carbocycles. The van der Waals surface area contributed by atoms with E-state index in [1.165, 1.54) is 147 Å². The Balaban J connectivity index is 0.000000163. The van der Waals surface area contributed by atoms with Crippen LogP contribution < -0.4 is 20.1 Å². The monoisotopic (exact) mass is 1660 g/mol. The molecule has 2 N–H and O–H groups in total. The summed E-state index contributed by atoms with van der Waals surface area (Å²) in [5.41, 5.74) is 3.67. The summed E-state index contributed by atoms with van der Waals surface area (Å²) >= 11 is 0. The van der Waals surface area contributed by atoms with Crippen molar-refractivity contribution in [3.05, 3.63) is 313 Å². The first-order valence-electron chi connectivity index (χ1n) is 36.9. The lowest BCUT2D eigenvalue weighted by Crippen LogP contribution is -2.30. The first kappa shape index (κ1) is 82.2. The number of hydrogen-bond acceptors (Lipinski definition) is 20. The number of amides is 3. The molecule has 117 heavy (non-hydrogen) atoms. The predicted molar refractivity (Wildman–Crippen MR) is 425 cm³/mol. The SMILES string of the molecule is CCCCOc1ccc(S(=O)(=O)c2ccc(CN(Cc3ccc(S(=O)(=O)c4ccc(OC)cc4C(F)(F)F)cc3)C(=O)c3cc4ccncc4o3)cc2)cc1.O=C(NCc1ccc(S(=O)(=O)c2ccc(C3CCCCC3)cc2)cc1)c1cnc2nccn2c1.O=C(NCc1ccc(S(=O)(=O)c2cccnc2)cc1)c1cnc2nccn2c1. The molecule has 0 unspecified atom stereocenters. The van der Waals surface area contributed by atoms with Crippen LogP contribution in [0, 0.1) is 0 Å². The average Bonchev–Trinajstić information content (AvgIpc) is 1.57. The van der Waals surface area contributed by atoms with Gasteiger partial charge in [0, 0.05) is 99.7 Å². The molecule has 600 valence electrons. The van der Waals surface area contributed by atoms with Gasteiger partial charge in [-0.3, -0.25) is 33.2 Å². The Morgan fingerprint density at radius 1 is 0.513 bits per heavy atom. The summed E-state index contributed by atoms with van der Waals surface area (Å²) in [6.45, 7) is 3.02. The summed E-state index contributed by atoms with van der Waals surface area (Å²) in [6.07, 6.45) is 21.8. The van der Waals surface area contributed by atoms with Gasteiger partial charge in [-0.15, -0.1) is 0 Å². The molecule has 25 nitrogen and oxygen atoms in total. The fourth-order valence-corrected chi connectivity index (χ4v) is 18.1. The van der Waals surface area contributed by atoms with Gasteiger partial charge in [-0.25, -0.2) is 53.6 Å². The lowest BCUT2D eigenvalue weighted by molar-refractivity contribution is -0.140. The van der Waals surface area contributed by atoms with E-state index in [4.69, 9.17) is 13.9 Å². The highest BCUT2D eigenvalue weighted by Gasteiger charge is 2.39. The maximum Gasteiger partial charge on any atom is 0.417 e. The maximum atomic E-state index is 13.9. The summed E-state index contributed by atoms with van der Waals surface area (Å²) in [7, 11) is -14.5. The van der Waals surface area contributed by atoms with Gasteiger partial charge in [-0.1, -0.05) is 93.3 Å². The molecule has 1 aliphatic rings. The van der Waals surface area contributed by atoms with Gasteiger partial charge in [0.25, 0.3) is 17.7 Å². The van der Waals surface area contributed by atoms with Crippen molar-refractivity contribution in [2.24, 2.45) is 0 Å². The Bertz CT molecular complexity index is 6330. The van der Waals surface area contributed by atoms with E-state index in [0.29, 0.717) is 74.0 Å². The van der Waals surface area contributed by atoms with Gasteiger partial charge in [0.15, 0.2) is 11.3 Å². The van der Waals surface area contributed by atoms with E-state index < -0.39 is 61.9 Å². The number of hydrogen-bond donors (Lipinski definition) is 2. The average molecular weight is 1660 g/mol. The number of aromatic nitrogens is 8. The lowest BCUT2D eigenvalue weighted by Gasteiger charge is -2.22. The number of nitrogens with zero attached hydrogens (tertiary/aromatic N) is 9. The van der Waals surface area contributed by atoms with Crippen LogP contribution in [0.2, 0.25) is 0 Å². The molecule has 7 heterocycles. The Kier molecular flexibility index (Phi) is 25.3. The number of rotatable bonds is 25. The van der Waals surface area contributed by atoms with Gasteiger partial charge >= 0.3 is 6.18 Å². The number of sulfone groups is 4. The summed E-state index contributed by atoms with van der Waals surface area (Å²) in [5, 5.41) is 6.27. The van der Waals surface area contributed by atoms with E-state index in [9.17, 15) is 61.2 Å². The fourth-order valence-electron chi connectivity index (χ4n) is 12.9. The van der Waals surface area contributed by atoms with E-state index in [1.807, 2.05) is 19.1 Å². The van der Waals surface area contributed by atoms with Crippen LogP contribution in [0.25, 0.3) is 22.5 Å². The van der Waals surface area contributed by atoms with Crippen molar-refractivity contribution < 1.29 is 75.1 Å². The van der Waals surface area contributed by atoms with Gasteiger partial charge in [0.05, 0.1) is 75.8 Å². The topological polar surface area (TPSA) is 333 Å². The van der Waals surface area contributed by atoms with Crippen LogP contribution in [-0.4, -0.2) is 109 Å². The predicted octanol–water partition coefficient (Wildman–Crippen LogP) is 15.0. The van der Waals surface area contributed by atoms with E-state index in [-0.39, 0.29) is 78.9 Å². The number of unbranched alkanes of at least 4 members (excludes halogenated alkanes) is 1. The number of imidazole rings is 2. The molecule has 0 saturated heterocycles. The van der Waals surface area contributed by atoms with Crippen LogP contribution >= 0.6 is 0 Å². The summed E-state index contributed by atoms with van der Waals surface area (Å²) in [5.74, 6) is 0.921. The number of fused-ring (bicyclic) bond motifs is 3. The molecule has 0 spiro atoms. The number of ether oxygens (including phenoxy) is 2. The Morgan fingerprint density at radius 3 is 1.46 bits per heavy atom. The van der Waals surface area contributed by atoms with Gasteiger partial charge < -0.3 is 29.4 Å². The first-order chi connectivity index (χ1) is 56.2. The third-order valence-electron chi connectivity index (χ3n) is 19.3. The molecule has 0 atom stereocenters. The molecule has 7 aromatic heterocycles. The third kappa shape index (κ3) is 19.6. The number of pyridine rings is 2. The normalized spacial score (nSPS) is 12.7. The molecule has 0 radical (unpaired) electrons. The van der Waals surface area contributed by atoms with Gasteiger partial charge in [-0.2, -0.15) is 13.2 Å². The van der Waals surface area contributed by atoms with Crippen LogP contribution in [0.3, 0.4) is 0 Å². The summed E-state index contributed by atoms with van der Waals surface area (Å²) in [4.78, 5) is 64.0. The second-order valence-electron chi connectivity index (χ2n) is 27.2. The van der Waals surface area contributed by atoms with Crippen LogP contribution in [0.5, 0.6) is 11.5 Å². The molecule has 32 heteroatoms. The zero-order valence-corrected chi connectivity index (χ0v) is 66.2. The summed E-state index contributed by atoms with van der Waals surface area (Å²) in [6, 6.07) is 46.7. The van der Waals surface area contributed by atoms with E-state index >= 15 is 0 Å². The number of carbonyl (C=O) groups excluding carboxylic acids is 3. The minimum atomic E-state index is -4.97. The molecule has 1 aliphatic carbocycles. The van der Waals surface area contributed by atoms with Crippen molar-refractivity contribution in [1.29, 1.82) is 0 Å². The van der Waals surface area contributed by atoms with E-state index in [1.54, 1.807) is 143 Å². The molecule has 0 aliphatic heterocycles. The van der Waals surface area contributed by atoms with Crippen molar-refractivity contribution in [3.8, 4) is 11.5 Å². The number of alkyl halides is 3. The number of halogens is 3. The Labute approximate surface area is 672 Å². The van der Waals surface area contributed by atoms with Crippen molar-refractivity contribution >= 4 is 79.6 Å². The minimum absolute atomic E-state index is 0.00250. The molecule has 0 bridgehead atoms. The van der Waals surface area contributed by atoms with Gasteiger partial charge in [-0.05, 0) is 180 Å². The number of nitrogens with one attached hydrogen (secondary N) is 2. The molecular weight excluding hydrogens is 1580 g/mol. The molecule has 14 aromatic rings. The Hall–Kier alpha value is -12.8. The minimum Gasteiger partial charge on any atom is -0.497 e. The lowest BCUT2D eigenvalue weighted by atomic mass is 9.84. The summed E-state index contributed by atoms with van der Waals surface area (Å²) < 4.78 is 166. The molecule has 3 amide bonds. The van der Waals surface area contributed by atoms with Crippen molar-refractivity contribution in [3.63, 3.8) is 0 Å². The van der Waals surface area contributed by atoms with Gasteiger partial charge in [0.1, 0.15) is 11.5 Å². The smallest absolute Gasteiger partial charge is 0.417 e. The highest BCUT2D eigenvalue weighted by Crippen LogP contribution is 2.40. The molecule has 1 fully saturated rings. The van der Waals surface area contributed by atoms with Crippen molar-refractivity contribution in [2.45, 2.75) is 129 Å². The third-order valence-corrected chi connectivity index (χ3v) is 26.5. The van der Waals surface area contributed by atoms with E-state index in [0.717, 1.165) is 36.1 Å². The number of furan rings is 1. The molecule has 15 rings (SSSR count). The zero-order chi connectivity index (χ0) is 82.5. The van der Waals surface area contributed by atoms with Gasteiger partial charge in [0.2, 0.25) is 50.9 Å². The highest BCUT2D eigenvalue weighted by molar-refractivity contribution is 7.92. The zero-order valence-electron chi connectivity index (χ0n) is 62.9. The number of benzene rings is 7. The number of carbonyl (C=O) groups is 3. The van der Waals surface area contributed by atoms with E-state index in [2.05, 4.69) is 40.5 Å². The maximum absolute atomic E-state index is 13.9. The van der Waals surface area contributed by atoms with Crippen LogP contribution in [0.15, 0.2) is 306 Å². The fraction of sp³-hybridized carbons (Fsp3) is 0.188. The van der Waals surface area contributed by atoms with Crippen LogP contribution in [-0.2, 0) is 71.7 Å². The molecule has 1 saturated carbocycles. The first-order valence-corrected chi connectivity index (χ1v) is 42.8. The standard InChI is InChI=1S/C40H35F3N2O8S2.C26H26N4O3S.C19H15N5O3S/c1-3-4-21-52-30-9-16-33(17-10-30)54(47,48)32-12-5-27(6-13-32)25-45(39(46)36-22-29-19-20-44-24-37(29)53-36)26-28-7-14-34(15-8-28)55(49,50)38-18-11-31(51-2)23-35(38)40(41,42)43;31-25(22-17-29-26-27-14-15-30(26)18-22)28-16-19-6-10-23(11-7-19)34(32,33)24-12-8-21(9-13-24)20-4-2-1-3-5-20;25-18(15-11-23-19-21-8-9-24(19)13-15)22-10-14-3-5-16(6-4-14)28(26,27)17-2-1-7-20-12-17/h5-20,22-24H,3-4,21,25-26H2,1-2H3;6-15,17-18,20H,1-5,16H2,(H,28,31);1-9,11-13H,10H2,(H,22,25). The second kappa shape index (κ2) is 35.9. The van der Waals surface area contributed by atoms with Crippen molar-refractivity contribution in [2.75, 3.05) is 13.7 Å². The molecular formula is C85H76F3N11O14S4. The Morgan fingerprint density at radius 2 is 0.983 bits per heavy atom. The highest BCUT2D eigenvalue weighted by atomic mass is 32.2. The van der Waals surface area contributed by atoms with Crippen molar-refractivity contribution in [1.82, 2.24) is 54.2 Å². The number of methoxy groups -OCH3 is 1. The largest absolute Gasteiger partial charge is 0.497 e. The second-order valence-corrected chi connectivity index (χ2v) is 35.0. The van der Waals surface area contributed by atoms with Crippen LogP contribution in [0.1, 0.15) is 122 Å².